The van der Waals surface area contributed by atoms with Crippen molar-refractivity contribution >= 4 is 23.5 Å². The third-order valence-corrected chi connectivity index (χ3v) is 5.21. The average Bonchev–Trinajstić information content (AvgIpc) is 3.36. The summed E-state index contributed by atoms with van der Waals surface area (Å²) in [5.74, 6) is -0.276. The number of halogens is 1. The number of amides is 1. The van der Waals surface area contributed by atoms with Crippen molar-refractivity contribution in [1.29, 1.82) is 0 Å². The van der Waals surface area contributed by atoms with Gasteiger partial charge in [-0.25, -0.2) is 0 Å². The number of nitrogens with zero attached hydrogens (tertiary/aromatic N) is 1. The first-order valence-corrected chi connectivity index (χ1v) is 8.67. The van der Waals surface area contributed by atoms with Gasteiger partial charge < -0.3 is 9.64 Å². The van der Waals surface area contributed by atoms with Crippen LogP contribution in [0.3, 0.4) is 0 Å². The maximum absolute atomic E-state index is 13.1. The lowest BCUT2D eigenvalue weighted by Gasteiger charge is -2.34. The standard InChI is InChI=1S/C18H22ClNO3/c1-2-23-16(21)13-6-5-11-20(12-13)17(22)18(9-10-18)14-7-3-4-8-15(14)19/h3-4,7-8,13H,2,5-6,9-12H2,1H3. The fourth-order valence-electron chi connectivity index (χ4n) is 3.49. The van der Waals surface area contributed by atoms with Crippen molar-refractivity contribution in [2.45, 2.75) is 38.0 Å². The minimum Gasteiger partial charge on any atom is -0.466 e. The Labute approximate surface area is 141 Å². The van der Waals surface area contributed by atoms with E-state index < -0.39 is 5.41 Å². The zero-order valence-electron chi connectivity index (χ0n) is 13.4. The van der Waals surface area contributed by atoms with Crippen LogP contribution in [-0.2, 0) is 19.7 Å². The first-order valence-electron chi connectivity index (χ1n) is 8.29. The molecule has 4 nitrogen and oxygen atoms in total. The molecule has 1 amide bonds. The molecule has 0 spiro atoms. The van der Waals surface area contributed by atoms with E-state index in [1.54, 1.807) is 6.92 Å². The van der Waals surface area contributed by atoms with Crippen LogP contribution in [0.4, 0.5) is 0 Å². The Morgan fingerprint density at radius 2 is 2.09 bits per heavy atom. The summed E-state index contributed by atoms with van der Waals surface area (Å²) in [4.78, 5) is 26.9. The molecule has 1 aromatic carbocycles. The predicted molar refractivity (Wildman–Crippen MR) is 88.3 cm³/mol. The first kappa shape index (κ1) is 16.3. The minimum atomic E-state index is -0.477. The normalized spacial score (nSPS) is 22.5. The van der Waals surface area contributed by atoms with Gasteiger partial charge in [0.25, 0.3) is 0 Å². The maximum Gasteiger partial charge on any atom is 0.310 e. The molecule has 124 valence electrons. The van der Waals surface area contributed by atoms with E-state index in [1.807, 2.05) is 29.2 Å². The summed E-state index contributed by atoms with van der Waals surface area (Å²) in [5.41, 5.74) is 0.444. The van der Waals surface area contributed by atoms with Crippen molar-refractivity contribution in [2.24, 2.45) is 5.92 Å². The third kappa shape index (κ3) is 3.09. The number of carbonyl (C=O) groups is 2. The number of rotatable bonds is 4. The Kier molecular flexibility index (Phi) is 4.62. The zero-order chi connectivity index (χ0) is 16.4. The smallest absolute Gasteiger partial charge is 0.310 e. The average molecular weight is 336 g/mol. The Bertz CT molecular complexity index is 612. The number of likely N-dealkylation sites (tertiary alicyclic amines) is 1. The number of hydrogen-bond donors (Lipinski definition) is 0. The number of carbonyl (C=O) groups excluding carboxylic acids is 2. The van der Waals surface area contributed by atoms with Crippen molar-refractivity contribution < 1.29 is 14.3 Å². The zero-order valence-corrected chi connectivity index (χ0v) is 14.1. The van der Waals surface area contributed by atoms with Gasteiger partial charge in [0.1, 0.15) is 0 Å². The molecule has 1 unspecified atom stereocenters. The number of piperidine rings is 1. The second kappa shape index (κ2) is 6.52. The molecule has 1 aliphatic heterocycles. The summed E-state index contributed by atoms with van der Waals surface area (Å²) in [7, 11) is 0. The molecule has 2 fully saturated rings. The van der Waals surface area contributed by atoms with Gasteiger partial charge in [0.15, 0.2) is 0 Å². The molecular weight excluding hydrogens is 314 g/mol. The van der Waals surface area contributed by atoms with Gasteiger partial charge in [-0.05, 0) is 44.2 Å². The highest BCUT2D eigenvalue weighted by molar-refractivity contribution is 6.31. The summed E-state index contributed by atoms with van der Waals surface area (Å²) in [6.45, 7) is 3.36. The van der Waals surface area contributed by atoms with Crippen molar-refractivity contribution in [3.05, 3.63) is 34.9 Å². The Morgan fingerprint density at radius 1 is 1.35 bits per heavy atom. The highest BCUT2D eigenvalue weighted by Gasteiger charge is 2.54. The van der Waals surface area contributed by atoms with Crippen LogP contribution >= 0.6 is 11.6 Å². The molecule has 3 rings (SSSR count). The third-order valence-electron chi connectivity index (χ3n) is 4.88. The molecule has 1 saturated carbocycles. The fourth-order valence-corrected chi connectivity index (χ4v) is 3.81. The molecule has 1 saturated heterocycles. The molecular formula is C18H22ClNO3. The quantitative estimate of drug-likeness (QED) is 0.794. The number of ether oxygens (including phenoxy) is 1. The Hall–Kier alpha value is -1.55. The van der Waals surface area contributed by atoms with E-state index in [-0.39, 0.29) is 17.8 Å². The van der Waals surface area contributed by atoms with E-state index in [2.05, 4.69) is 0 Å². The van der Waals surface area contributed by atoms with Crippen molar-refractivity contribution in [1.82, 2.24) is 4.90 Å². The van der Waals surface area contributed by atoms with Crippen molar-refractivity contribution in [3.8, 4) is 0 Å². The highest BCUT2D eigenvalue weighted by Crippen LogP contribution is 2.52. The second-order valence-corrected chi connectivity index (χ2v) is 6.81. The van der Waals surface area contributed by atoms with Gasteiger partial charge in [0, 0.05) is 18.1 Å². The van der Waals surface area contributed by atoms with Crippen molar-refractivity contribution in [3.63, 3.8) is 0 Å². The second-order valence-electron chi connectivity index (χ2n) is 6.40. The molecule has 1 aliphatic carbocycles. The van der Waals surface area contributed by atoms with E-state index in [1.165, 1.54) is 0 Å². The van der Waals surface area contributed by atoms with Gasteiger partial charge in [0.2, 0.25) is 5.91 Å². The van der Waals surface area contributed by atoms with Crippen LogP contribution in [0.5, 0.6) is 0 Å². The molecule has 1 heterocycles. The molecule has 0 aromatic heterocycles. The van der Waals surface area contributed by atoms with Crippen LogP contribution in [0.2, 0.25) is 5.02 Å². The van der Waals surface area contributed by atoms with Crippen LogP contribution in [0.1, 0.15) is 38.2 Å². The number of benzene rings is 1. The summed E-state index contributed by atoms with van der Waals surface area (Å²) in [5, 5.41) is 0.650. The van der Waals surface area contributed by atoms with Crippen LogP contribution in [0, 0.1) is 5.92 Å². The Morgan fingerprint density at radius 3 is 2.74 bits per heavy atom. The van der Waals surface area contributed by atoms with Crippen LogP contribution in [-0.4, -0.2) is 36.5 Å². The largest absolute Gasteiger partial charge is 0.466 e. The van der Waals surface area contributed by atoms with Gasteiger partial charge in [-0.2, -0.15) is 0 Å². The van der Waals surface area contributed by atoms with Crippen LogP contribution in [0.15, 0.2) is 24.3 Å². The van der Waals surface area contributed by atoms with E-state index >= 15 is 0 Å². The monoisotopic (exact) mass is 335 g/mol. The fraction of sp³-hybridized carbons (Fsp3) is 0.556. The molecule has 1 aromatic rings. The lowest BCUT2D eigenvalue weighted by atomic mass is 9.91. The molecule has 0 bridgehead atoms. The van der Waals surface area contributed by atoms with E-state index in [0.29, 0.717) is 24.7 Å². The molecule has 0 N–H and O–H groups in total. The lowest BCUT2D eigenvalue weighted by Crippen LogP contribution is -2.47. The molecule has 1 atom stereocenters. The first-order chi connectivity index (χ1) is 11.1. The lowest BCUT2D eigenvalue weighted by molar-refractivity contribution is -0.151. The van der Waals surface area contributed by atoms with Gasteiger partial charge in [-0.1, -0.05) is 29.8 Å². The van der Waals surface area contributed by atoms with Crippen LogP contribution < -0.4 is 0 Å². The molecule has 23 heavy (non-hydrogen) atoms. The summed E-state index contributed by atoms with van der Waals surface area (Å²) >= 11 is 6.31. The van der Waals surface area contributed by atoms with Gasteiger partial charge in [-0.15, -0.1) is 0 Å². The maximum atomic E-state index is 13.1. The highest BCUT2D eigenvalue weighted by atomic mass is 35.5. The van der Waals surface area contributed by atoms with Gasteiger partial charge in [-0.3, -0.25) is 9.59 Å². The predicted octanol–water partition coefficient (Wildman–Crippen LogP) is 3.17. The molecule has 5 heteroatoms. The van der Waals surface area contributed by atoms with E-state index in [9.17, 15) is 9.59 Å². The topological polar surface area (TPSA) is 46.6 Å². The van der Waals surface area contributed by atoms with Gasteiger partial charge >= 0.3 is 5.97 Å². The van der Waals surface area contributed by atoms with Crippen molar-refractivity contribution in [2.75, 3.05) is 19.7 Å². The molecule has 2 aliphatic rings. The number of esters is 1. The summed E-state index contributed by atoms with van der Waals surface area (Å²) in [6.07, 6.45) is 3.29. The van der Waals surface area contributed by atoms with E-state index in [0.717, 1.165) is 31.2 Å². The SMILES string of the molecule is CCOC(=O)C1CCCN(C(=O)C2(c3ccccc3Cl)CC2)C1. The van der Waals surface area contributed by atoms with Crippen LogP contribution in [0.25, 0.3) is 0 Å². The van der Waals surface area contributed by atoms with Gasteiger partial charge in [0.05, 0.1) is 17.9 Å². The van der Waals surface area contributed by atoms with E-state index in [4.69, 9.17) is 16.3 Å². The summed E-state index contributed by atoms with van der Waals surface area (Å²) < 4.78 is 5.12. The minimum absolute atomic E-state index is 0.111. The molecule has 0 radical (unpaired) electrons. The summed E-state index contributed by atoms with van der Waals surface area (Å²) in [6, 6.07) is 7.58. The number of hydrogen-bond acceptors (Lipinski definition) is 3. The Balaban J connectivity index is 1.75.